The van der Waals surface area contributed by atoms with Gasteiger partial charge in [0.2, 0.25) is 15.9 Å². The molecule has 1 saturated carbocycles. The van der Waals surface area contributed by atoms with Crippen molar-refractivity contribution in [2.45, 2.75) is 59.0 Å². The Balaban J connectivity index is 1.42. The van der Waals surface area contributed by atoms with Gasteiger partial charge >= 0.3 is 5.69 Å². The van der Waals surface area contributed by atoms with Crippen LogP contribution >= 0.6 is 0 Å². The van der Waals surface area contributed by atoms with E-state index in [4.69, 9.17) is 10.5 Å². The van der Waals surface area contributed by atoms with E-state index in [9.17, 15) is 22.8 Å². The molecule has 13 heteroatoms. The predicted octanol–water partition coefficient (Wildman–Crippen LogP) is 3.38. The van der Waals surface area contributed by atoms with E-state index in [-0.39, 0.29) is 35.2 Å². The van der Waals surface area contributed by atoms with Gasteiger partial charge in [-0.2, -0.15) is 0 Å². The number of benzene rings is 2. The fourth-order valence-electron chi connectivity index (χ4n) is 8.71. The summed E-state index contributed by atoms with van der Waals surface area (Å²) in [6.07, 6.45) is 3.22. The Bertz CT molecular complexity index is 2250. The number of hydrogen-bond donors (Lipinski definition) is 2. The average Bonchev–Trinajstić information content (AvgIpc) is 3.39. The number of nitrogens with zero attached hydrogens (tertiary/aromatic N) is 4. The van der Waals surface area contributed by atoms with Gasteiger partial charge in [0.15, 0.2) is 0 Å². The quantitative estimate of drug-likeness (QED) is 0.271. The van der Waals surface area contributed by atoms with E-state index in [1.807, 2.05) is 55.7 Å². The minimum Gasteiger partial charge on any atom is -0.381 e. The molecule has 266 valence electrons. The lowest BCUT2D eigenvalue weighted by Gasteiger charge is -2.38. The van der Waals surface area contributed by atoms with Gasteiger partial charge in [-0.05, 0) is 92.6 Å². The molecule has 7 rings (SSSR count). The van der Waals surface area contributed by atoms with E-state index in [0.717, 1.165) is 63.1 Å². The van der Waals surface area contributed by atoms with E-state index in [1.165, 1.54) is 10.6 Å². The van der Waals surface area contributed by atoms with Crippen molar-refractivity contribution in [2.75, 3.05) is 44.0 Å². The summed E-state index contributed by atoms with van der Waals surface area (Å²) in [7, 11) is -1.53. The van der Waals surface area contributed by atoms with Crippen LogP contribution in [0.2, 0.25) is 0 Å². The van der Waals surface area contributed by atoms with Crippen molar-refractivity contribution >= 4 is 32.7 Å². The Morgan fingerprint density at radius 1 is 1.02 bits per heavy atom. The fourth-order valence-corrected chi connectivity index (χ4v) is 9.59. The van der Waals surface area contributed by atoms with Gasteiger partial charge < -0.3 is 20.4 Å². The highest BCUT2D eigenvalue weighted by atomic mass is 32.2. The number of nitrogens with two attached hydrogens (primary N) is 1. The number of aromatic nitrogens is 3. The van der Waals surface area contributed by atoms with Crippen LogP contribution < -0.4 is 21.9 Å². The van der Waals surface area contributed by atoms with Gasteiger partial charge in [-0.25, -0.2) is 17.5 Å². The lowest BCUT2D eigenvalue weighted by atomic mass is 9.86. The maximum Gasteiger partial charge on any atom is 0.329 e. The summed E-state index contributed by atoms with van der Waals surface area (Å²) in [5.74, 6) is -0.344. The first-order valence-corrected chi connectivity index (χ1v) is 19.2. The number of imidazole rings is 1. The van der Waals surface area contributed by atoms with Gasteiger partial charge in [0, 0.05) is 92.7 Å². The van der Waals surface area contributed by atoms with Crippen LogP contribution in [0.25, 0.3) is 22.2 Å². The summed E-state index contributed by atoms with van der Waals surface area (Å²) in [6, 6.07) is 9.83. The summed E-state index contributed by atoms with van der Waals surface area (Å²) in [5, 5.41) is 0. The first kappa shape index (κ1) is 34.3. The molecule has 4 aromatic rings. The molecule has 0 spiro atoms. The van der Waals surface area contributed by atoms with Gasteiger partial charge in [0.05, 0.1) is 17.3 Å². The first-order valence-electron chi connectivity index (χ1n) is 17.4. The maximum atomic E-state index is 13.8. The number of ether oxygens (including phenoxy) is 1. The molecule has 3 fully saturated rings. The monoisotopic (exact) mass is 702 g/mol. The minimum atomic E-state index is -3.28. The van der Waals surface area contributed by atoms with Crippen molar-refractivity contribution < 1.29 is 17.9 Å². The summed E-state index contributed by atoms with van der Waals surface area (Å²) in [4.78, 5) is 45.6. The number of carbonyl (C=O) groups is 1. The number of fused-ring (bicyclic) bond motifs is 2. The zero-order chi connectivity index (χ0) is 35.8. The van der Waals surface area contributed by atoms with Crippen LogP contribution in [0.15, 0.2) is 39.9 Å². The molecule has 50 heavy (non-hydrogen) atoms. The number of piperidine rings is 1. The van der Waals surface area contributed by atoms with Crippen molar-refractivity contribution in [3.63, 3.8) is 0 Å². The molecule has 2 aliphatic heterocycles. The number of amides is 1. The highest BCUT2D eigenvalue weighted by Crippen LogP contribution is 2.56. The Morgan fingerprint density at radius 2 is 1.70 bits per heavy atom. The Morgan fingerprint density at radius 3 is 2.30 bits per heavy atom. The third-order valence-electron chi connectivity index (χ3n) is 11.3. The van der Waals surface area contributed by atoms with E-state index >= 15 is 0 Å². The molecule has 0 bridgehead atoms. The lowest BCUT2D eigenvalue weighted by molar-refractivity contribution is 0.0845. The highest BCUT2D eigenvalue weighted by molar-refractivity contribution is 7.88. The van der Waals surface area contributed by atoms with Crippen LogP contribution in [0.3, 0.4) is 0 Å². The normalized spacial score (nSPS) is 21.1. The van der Waals surface area contributed by atoms with Crippen molar-refractivity contribution in [3.05, 3.63) is 84.7 Å². The number of anilines is 1. The molecular weight excluding hydrogens is 657 g/mol. The van der Waals surface area contributed by atoms with E-state index in [1.54, 1.807) is 11.6 Å². The minimum absolute atomic E-state index is 0.0631. The third-order valence-corrected chi connectivity index (χ3v) is 12.6. The number of hydrogen-bond acceptors (Lipinski definition) is 7. The van der Waals surface area contributed by atoms with Crippen molar-refractivity contribution in [3.8, 4) is 11.1 Å². The van der Waals surface area contributed by atoms with Gasteiger partial charge in [0.25, 0.3) is 5.56 Å². The molecule has 4 heterocycles. The zero-order valence-corrected chi connectivity index (χ0v) is 30.4. The molecule has 2 atom stereocenters. The van der Waals surface area contributed by atoms with Crippen LogP contribution in [0.4, 0.5) is 5.69 Å². The van der Waals surface area contributed by atoms with E-state index in [2.05, 4.69) is 16.8 Å². The number of carbonyl (C=O) groups excluding carboxylic acids is 1. The molecule has 2 unspecified atom stereocenters. The second-order valence-corrected chi connectivity index (χ2v) is 16.3. The number of rotatable bonds is 9. The molecule has 0 radical (unpaired) electrons. The molecule has 1 aliphatic carbocycles. The van der Waals surface area contributed by atoms with Crippen LogP contribution in [0, 0.1) is 32.6 Å². The predicted molar refractivity (Wildman–Crippen MR) is 195 cm³/mol. The number of pyridine rings is 1. The zero-order valence-electron chi connectivity index (χ0n) is 29.6. The van der Waals surface area contributed by atoms with Crippen LogP contribution in [-0.4, -0.2) is 77.9 Å². The number of sulfonamides is 1. The lowest BCUT2D eigenvalue weighted by Crippen LogP contribution is -2.41. The smallest absolute Gasteiger partial charge is 0.329 e. The van der Waals surface area contributed by atoms with Gasteiger partial charge in [-0.15, -0.1) is 0 Å². The van der Waals surface area contributed by atoms with Gasteiger partial charge in [0.1, 0.15) is 0 Å². The topological polar surface area (TPSA) is 153 Å². The van der Waals surface area contributed by atoms with Crippen LogP contribution in [0.5, 0.6) is 0 Å². The number of aromatic amines is 1. The Kier molecular flexibility index (Phi) is 8.59. The van der Waals surface area contributed by atoms with E-state index in [0.29, 0.717) is 50.4 Å². The summed E-state index contributed by atoms with van der Waals surface area (Å²) < 4.78 is 35.0. The maximum absolute atomic E-state index is 13.8. The summed E-state index contributed by atoms with van der Waals surface area (Å²) in [6.45, 7) is 10.7. The van der Waals surface area contributed by atoms with Crippen LogP contribution in [-0.2, 0) is 28.2 Å². The SMILES string of the molecule is CCN(c1c(C)c(C(N)=O)cc(-c2ccc3c(c2)n(C)c(=O)n3C2C3CN(S(C)(=O)=O)CC32)c1Cc1c(C)cc(C)[nH]c1=O)C1CCOCC1. The fraction of sp³-hybridized carbons (Fsp3) is 0.486. The molecule has 2 aromatic carbocycles. The number of H-pyrrole nitrogens is 1. The van der Waals surface area contributed by atoms with Crippen LogP contribution in [0.1, 0.15) is 64.1 Å². The molecular formula is C37H46N6O6S. The van der Waals surface area contributed by atoms with Crippen molar-refractivity contribution in [2.24, 2.45) is 24.6 Å². The molecule has 2 aromatic heterocycles. The Labute approximate surface area is 291 Å². The standard InChI is InChI=1S/C37H46N6O6S/c1-7-42(24-10-12-49-13-11-24)33-22(4)26(35(38)44)17-27(28(33)16-25-20(2)14-21(3)39-36(25)45)23-8-9-31-32(15-23)40(5)37(46)43(31)34-29-18-41(19-30(29)34)50(6,47)48/h8-9,14-15,17,24,29-30,34H,7,10-13,16,18-19H2,1-6H3,(H2,38,44)(H,39,45). The van der Waals surface area contributed by atoms with E-state index < -0.39 is 15.9 Å². The molecule has 12 nitrogen and oxygen atoms in total. The van der Waals surface area contributed by atoms with Gasteiger partial charge in [-0.3, -0.25) is 18.7 Å². The number of primary amides is 1. The van der Waals surface area contributed by atoms with Gasteiger partial charge in [-0.1, -0.05) is 6.07 Å². The molecule has 1 amide bonds. The summed E-state index contributed by atoms with van der Waals surface area (Å²) >= 11 is 0. The first-order chi connectivity index (χ1) is 23.7. The molecule has 3 aliphatic rings. The largest absolute Gasteiger partial charge is 0.381 e. The molecule has 3 N–H and O–H groups in total. The molecule has 2 saturated heterocycles. The number of nitrogens with one attached hydrogen (secondary N) is 1. The number of aryl methyl sites for hydroxylation is 3. The van der Waals surface area contributed by atoms with Crippen molar-refractivity contribution in [1.29, 1.82) is 0 Å². The third kappa shape index (κ3) is 5.68. The average molecular weight is 703 g/mol. The van der Waals surface area contributed by atoms with Crippen molar-refractivity contribution in [1.82, 2.24) is 18.4 Å². The second kappa shape index (κ2) is 12.5. The summed E-state index contributed by atoms with van der Waals surface area (Å²) in [5.41, 5.74) is 14.2. The Hall–Kier alpha value is -4.20. The second-order valence-electron chi connectivity index (χ2n) is 14.4. The highest BCUT2D eigenvalue weighted by Gasteiger charge is 2.59.